The Morgan fingerprint density at radius 2 is 2.13 bits per heavy atom. The minimum Gasteiger partial charge on any atom is -0.250 e. The fourth-order valence-electron chi connectivity index (χ4n) is 2.84. The van der Waals surface area contributed by atoms with Crippen LogP contribution in [0.25, 0.3) is 0 Å². The van der Waals surface area contributed by atoms with Crippen LogP contribution in [0.1, 0.15) is 46.1 Å². The maximum Gasteiger partial charge on any atom is 0.137 e. The largest absolute Gasteiger partial charge is 0.250 e. The van der Waals surface area contributed by atoms with Gasteiger partial charge in [0.2, 0.25) is 0 Å². The summed E-state index contributed by atoms with van der Waals surface area (Å²) in [6.07, 6.45) is 7.48. The van der Waals surface area contributed by atoms with Crippen LogP contribution in [0.15, 0.2) is 12.7 Å². The standard InChI is InChI=1S/C12H21N3/c1-9(2)11-5-4-10(3)6-12(11)15-8-13-7-14-15/h7-12H,4-6H2,1-3H3. The van der Waals surface area contributed by atoms with E-state index in [0.29, 0.717) is 6.04 Å². The van der Waals surface area contributed by atoms with Crippen molar-refractivity contribution in [2.75, 3.05) is 0 Å². The number of nitrogens with zero attached hydrogens (tertiary/aromatic N) is 3. The highest BCUT2D eigenvalue weighted by Crippen LogP contribution is 2.40. The van der Waals surface area contributed by atoms with E-state index in [1.54, 1.807) is 6.33 Å². The topological polar surface area (TPSA) is 30.7 Å². The monoisotopic (exact) mass is 207 g/mol. The van der Waals surface area contributed by atoms with Gasteiger partial charge in [0.25, 0.3) is 0 Å². The zero-order valence-corrected chi connectivity index (χ0v) is 9.93. The summed E-state index contributed by atoms with van der Waals surface area (Å²) in [4.78, 5) is 4.07. The van der Waals surface area contributed by atoms with E-state index in [0.717, 1.165) is 17.8 Å². The second-order valence-electron chi connectivity index (χ2n) is 5.27. The lowest BCUT2D eigenvalue weighted by Gasteiger charge is -2.37. The first kappa shape index (κ1) is 10.7. The van der Waals surface area contributed by atoms with Crippen LogP contribution in [0, 0.1) is 17.8 Å². The molecule has 0 radical (unpaired) electrons. The molecule has 0 spiro atoms. The molecule has 1 aliphatic rings. The number of hydrogen-bond acceptors (Lipinski definition) is 2. The predicted octanol–water partition coefficient (Wildman–Crippen LogP) is 2.91. The summed E-state index contributed by atoms with van der Waals surface area (Å²) in [7, 11) is 0. The van der Waals surface area contributed by atoms with Crippen LogP contribution in [0.3, 0.4) is 0 Å². The SMILES string of the molecule is CC1CCC(C(C)C)C(n2cncn2)C1. The molecular weight excluding hydrogens is 186 g/mol. The zero-order chi connectivity index (χ0) is 10.8. The summed E-state index contributed by atoms with van der Waals surface area (Å²) >= 11 is 0. The molecule has 84 valence electrons. The Balaban J connectivity index is 2.17. The lowest BCUT2D eigenvalue weighted by Crippen LogP contribution is -2.30. The van der Waals surface area contributed by atoms with Gasteiger partial charge in [0, 0.05) is 0 Å². The van der Waals surface area contributed by atoms with Gasteiger partial charge < -0.3 is 0 Å². The zero-order valence-electron chi connectivity index (χ0n) is 9.93. The van der Waals surface area contributed by atoms with Crippen LogP contribution in [0.2, 0.25) is 0 Å². The van der Waals surface area contributed by atoms with E-state index < -0.39 is 0 Å². The Morgan fingerprint density at radius 3 is 2.73 bits per heavy atom. The Labute approximate surface area is 91.9 Å². The van der Waals surface area contributed by atoms with Crippen molar-refractivity contribution in [1.29, 1.82) is 0 Å². The number of rotatable bonds is 2. The maximum absolute atomic E-state index is 4.31. The van der Waals surface area contributed by atoms with Crippen molar-refractivity contribution in [3.05, 3.63) is 12.7 Å². The highest BCUT2D eigenvalue weighted by Gasteiger charge is 2.32. The van der Waals surface area contributed by atoms with E-state index in [4.69, 9.17) is 0 Å². The van der Waals surface area contributed by atoms with E-state index in [-0.39, 0.29) is 0 Å². The minimum absolute atomic E-state index is 0.566. The molecule has 0 bridgehead atoms. The van der Waals surface area contributed by atoms with Gasteiger partial charge in [-0.2, -0.15) is 5.10 Å². The average Bonchev–Trinajstić information content (AvgIpc) is 2.69. The van der Waals surface area contributed by atoms with Crippen molar-refractivity contribution in [3.63, 3.8) is 0 Å². The van der Waals surface area contributed by atoms with E-state index >= 15 is 0 Å². The van der Waals surface area contributed by atoms with Gasteiger partial charge in [-0.3, -0.25) is 0 Å². The third kappa shape index (κ3) is 2.21. The molecular formula is C12H21N3. The fraction of sp³-hybridized carbons (Fsp3) is 0.833. The molecule has 15 heavy (non-hydrogen) atoms. The fourth-order valence-corrected chi connectivity index (χ4v) is 2.84. The predicted molar refractivity (Wildman–Crippen MR) is 60.4 cm³/mol. The maximum atomic E-state index is 4.31. The first-order valence-corrected chi connectivity index (χ1v) is 6.02. The van der Waals surface area contributed by atoms with Crippen molar-refractivity contribution in [1.82, 2.24) is 14.8 Å². The highest BCUT2D eigenvalue weighted by molar-refractivity contribution is 4.84. The Bertz CT molecular complexity index is 292. The van der Waals surface area contributed by atoms with Gasteiger partial charge in [0.15, 0.2) is 0 Å². The third-order valence-electron chi connectivity index (χ3n) is 3.76. The van der Waals surface area contributed by atoms with Gasteiger partial charge in [-0.15, -0.1) is 0 Å². The van der Waals surface area contributed by atoms with Gasteiger partial charge in [0.05, 0.1) is 6.04 Å². The first-order valence-electron chi connectivity index (χ1n) is 6.02. The second kappa shape index (κ2) is 4.33. The van der Waals surface area contributed by atoms with Crippen LogP contribution in [-0.4, -0.2) is 14.8 Å². The molecule has 2 rings (SSSR count). The molecule has 1 aliphatic carbocycles. The van der Waals surface area contributed by atoms with Crippen molar-refractivity contribution in [2.45, 2.75) is 46.1 Å². The summed E-state index contributed by atoms with van der Waals surface area (Å²) in [6.45, 7) is 7.00. The molecule has 0 aliphatic heterocycles. The molecule has 0 aromatic carbocycles. The van der Waals surface area contributed by atoms with Crippen molar-refractivity contribution < 1.29 is 0 Å². The molecule has 3 nitrogen and oxygen atoms in total. The molecule has 1 aromatic rings. The minimum atomic E-state index is 0.566. The van der Waals surface area contributed by atoms with Gasteiger partial charge >= 0.3 is 0 Å². The molecule has 1 fully saturated rings. The quantitative estimate of drug-likeness (QED) is 0.746. The van der Waals surface area contributed by atoms with Crippen LogP contribution >= 0.6 is 0 Å². The van der Waals surface area contributed by atoms with E-state index in [2.05, 4.69) is 35.5 Å². The summed E-state index contributed by atoms with van der Waals surface area (Å²) in [5.74, 6) is 2.34. The van der Waals surface area contributed by atoms with Crippen LogP contribution in [0.5, 0.6) is 0 Å². The molecule has 0 amide bonds. The first-order chi connectivity index (χ1) is 7.18. The molecule has 3 unspecified atom stereocenters. The van der Waals surface area contributed by atoms with Crippen LogP contribution in [-0.2, 0) is 0 Å². The molecule has 1 saturated carbocycles. The average molecular weight is 207 g/mol. The highest BCUT2D eigenvalue weighted by atomic mass is 15.3. The van der Waals surface area contributed by atoms with E-state index in [9.17, 15) is 0 Å². The lowest BCUT2D eigenvalue weighted by atomic mass is 9.74. The Kier molecular flexibility index (Phi) is 3.08. The second-order valence-corrected chi connectivity index (χ2v) is 5.27. The van der Waals surface area contributed by atoms with Crippen molar-refractivity contribution in [2.24, 2.45) is 17.8 Å². The van der Waals surface area contributed by atoms with Gasteiger partial charge in [-0.25, -0.2) is 9.67 Å². The van der Waals surface area contributed by atoms with E-state index in [1.165, 1.54) is 19.3 Å². The Morgan fingerprint density at radius 1 is 1.33 bits per heavy atom. The molecule has 0 saturated heterocycles. The van der Waals surface area contributed by atoms with Crippen molar-refractivity contribution in [3.8, 4) is 0 Å². The van der Waals surface area contributed by atoms with Crippen molar-refractivity contribution >= 4 is 0 Å². The third-order valence-corrected chi connectivity index (χ3v) is 3.76. The summed E-state index contributed by atoms with van der Waals surface area (Å²) in [5, 5.41) is 4.31. The molecule has 0 N–H and O–H groups in total. The summed E-state index contributed by atoms with van der Waals surface area (Å²) in [5.41, 5.74) is 0. The van der Waals surface area contributed by atoms with Gasteiger partial charge in [-0.05, 0) is 30.6 Å². The Hall–Kier alpha value is -0.860. The lowest BCUT2D eigenvalue weighted by molar-refractivity contribution is 0.139. The molecule has 1 heterocycles. The summed E-state index contributed by atoms with van der Waals surface area (Å²) in [6, 6.07) is 0.566. The van der Waals surface area contributed by atoms with Gasteiger partial charge in [0.1, 0.15) is 12.7 Å². The van der Waals surface area contributed by atoms with Gasteiger partial charge in [-0.1, -0.05) is 27.2 Å². The summed E-state index contributed by atoms with van der Waals surface area (Å²) < 4.78 is 2.07. The van der Waals surface area contributed by atoms with E-state index in [1.807, 2.05) is 6.33 Å². The molecule has 3 atom stereocenters. The molecule has 1 aromatic heterocycles. The van der Waals surface area contributed by atoms with Crippen LogP contribution < -0.4 is 0 Å². The number of hydrogen-bond donors (Lipinski definition) is 0. The normalized spacial score (nSPS) is 32.1. The smallest absolute Gasteiger partial charge is 0.137 e. The van der Waals surface area contributed by atoms with Crippen LogP contribution in [0.4, 0.5) is 0 Å². The molecule has 3 heteroatoms. The number of aromatic nitrogens is 3.